The molecule has 0 saturated heterocycles. The zero-order chi connectivity index (χ0) is 31.9. The Morgan fingerprint density at radius 1 is 0.522 bits per heavy atom. The second kappa shape index (κ2) is 10.2. The maximum atomic E-state index is 15.7. The zero-order valence-electron chi connectivity index (χ0n) is 25.9. The van der Waals surface area contributed by atoms with E-state index in [4.69, 9.17) is 6.57 Å². The van der Waals surface area contributed by atoms with Crippen molar-refractivity contribution in [2.75, 3.05) is 0 Å². The van der Waals surface area contributed by atoms with Gasteiger partial charge in [-0.2, -0.15) is 0 Å². The summed E-state index contributed by atoms with van der Waals surface area (Å²) in [5.41, 5.74) is 9.52. The van der Waals surface area contributed by atoms with Crippen LogP contribution in [0.4, 0.5) is 14.5 Å². The van der Waals surface area contributed by atoms with Gasteiger partial charge in [0.15, 0.2) is 0 Å². The Bertz CT molecular complexity index is 2470. The lowest BCUT2D eigenvalue weighted by atomic mass is 9.99. The number of hydrogen-bond donors (Lipinski definition) is 0. The van der Waals surface area contributed by atoms with Crippen molar-refractivity contribution in [2.24, 2.45) is 0 Å². The summed E-state index contributed by atoms with van der Waals surface area (Å²) in [6.07, 6.45) is 0. The Morgan fingerprint density at radius 2 is 0.935 bits per heavy atom. The molecule has 222 valence electrons. The highest BCUT2D eigenvalue weighted by Gasteiger charge is 2.26. The maximum Gasteiger partial charge on any atom is 0.234 e. The molecule has 0 spiro atoms. The molecule has 8 rings (SSSR count). The van der Waals surface area contributed by atoms with Gasteiger partial charge in [0.05, 0.1) is 45.6 Å². The summed E-state index contributed by atoms with van der Waals surface area (Å²) in [7, 11) is 0. The van der Waals surface area contributed by atoms with Crippen LogP contribution in [0.1, 0.15) is 22.3 Å². The molecule has 0 saturated carbocycles. The Morgan fingerprint density at radius 3 is 1.35 bits per heavy atom. The molecular formula is C41H29F2N3. The Hall–Kier alpha value is -5.73. The van der Waals surface area contributed by atoms with Gasteiger partial charge in [-0.1, -0.05) is 60.7 Å². The van der Waals surface area contributed by atoms with Crippen LogP contribution in [0, 0.1) is 45.9 Å². The number of benzene rings is 6. The second-order valence-electron chi connectivity index (χ2n) is 12.3. The van der Waals surface area contributed by atoms with E-state index < -0.39 is 11.6 Å². The van der Waals surface area contributed by atoms with Crippen molar-refractivity contribution in [1.29, 1.82) is 0 Å². The van der Waals surface area contributed by atoms with Crippen LogP contribution in [0.3, 0.4) is 0 Å². The molecule has 5 heteroatoms. The van der Waals surface area contributed by atoms with Crippen molar-refractivity contribution >= 4 is 49.3 Å². The molecule has 0 bridgehead atoms. The fourth-order valence-corrected chi connectivity index (χ4v) is 7.02. The summed E-state index contributed by atoms with van der Waals surface area (Å²) >= 11 is 0. The quantitative estimate of drug-likeness (QED) is 0.179. The number of rotatable bonds is 3. The third kappa shape index (κ3) is 4.00. The normalized spacial score (nSPS) is 11.7. The lowest BCUT2D eigenvalue weighted by Crippen LogP contribution is -2.04. The maximum absolute atomic E-state index is 15.7. The number of aromatic nitrogens is 2. The molecule has 3 nitrogen and oxygen atoms in total. The Labute approximate surface area is 265 Å². The first-order valence-electron chi connectivity index (χ1n) is 15.3. The first kappa shape index (κ1) is 27.8. The van der Waals surface area contributed by atoms with Crippen molar-refractivity contribution in [3.8, 4) is 22.5 Å². The molecule has 2 heterocycles. The molecule has 6 aromatic carbocycles. The van der Waals surface area contributed by atoms with Crippen LogP contribution < -0.4 is 0 Å². The van der Waals surface area contributed by atoms with Crippen molar-refractivity contribution < 1.29 is 8.78 Å². The second-order valence-corrected chi connectivity index (χ2v) is 12.3. The minimum absolute atomic E-state index is 0.154. The van der Waals surface area contributed by atoms with Gasteiger partial charge in [-0.25, -0.2) is 13.6 Å². The van der Waals surface area contributed by atoms with E-state index in [2.05, 4.69) is 96.1 Å². The molecule has 0 fully saturated rings. The zero-order valence-corrected chi connectivity index (χ0v) is 25.9. The van der Waals surface area contributed by atoms with Crippen LogP contribution in [0.25, 0.3) is 71.0 Å². The standard InChI is InChI=1S/C41H29F2N3/c1-23-9-13-27-28-14-10-24(2)20-36(28)45(35(27)19-23)34-18-17-31(39-32(42)7-6-8-33(39)43)41(40(34)44-5)46-37-21-25(3)11-15-29(37)30-16-12-26(4)22-38(30)46/h6-22H,1-4H3. The molecule has 46 heavy (non-hydrogen) atoms. The summed E-state index contributed by atoms with van der Waals surface area (Å²) in [5.74, 6) is -1.36. The van der Waals surface area contributed by atoms with Gasteiger partial charge < -0.3 is 9.13 Å². The molecule has 0 amide bonds. The van der Waals surface area contributed by atoms with Crippen LogP contribution in [0.15, 0.2) is 103 Å². The minimum atomic E-state index is -0.679. The summed E-state index contributed by atoms with van der Waals surface area (Å²) in [4.78, 5) is 4.21. The molecule has 0 atom stereocenters. The van der Waals surface area contributed by atoms with Gasteiger partial charge >= 0.3 is 0 Å². The number of nitrogens with zero attached hydrogens (tertiary/aromatic N) is 3. The van der Waals surface area contributed by atoms with E-state index in [1.807, 2.05) is 24.5 Å². The molecule has 8 aromatic rings. The smallest absolute Gasteiger partial charge is 0.234 e. The predicted octanol–water partition coefficient (Wildman–Crippen LogP) is 11.6. The molecule has 0 aliphatic heterocycles. The summed E-state index contributed by atoms with van der Waals surface area (Å²) < 4.78 is 35.6. The van der Waals surface area contributed by atoms with Crippen molar-refractivity contribution in [3.05, 3.63) is 148 Å². The molecule has 0 aliphatic carbocycles. The molecule has 0 radical (unpaired) electrons. The van der Waals surface area contributed by atoms with Gasteiger partial charge in [-0.15, -0.1) is 0 Å². The first-order valence-corrected chi connectivity index (χ1v) is 15.3. The average Bonchev–Trinajstić information content (AvgIpc) is 3.50. The number of hydrogen-bond acceptors (Lipinski definition) is 0. The Balaban J connectivity index is 1.62. The molecule has 0 aliphatic rings. The van der Waals surface area contributed by atoms with Gasteiger partial charge in [0.2, 0.25) is 5.69 Å². The highest BCUT2D eigenvalue weighted by Crippen LogP contribution is 2.46. The van der Waals surface area contributed by atoms with E-state index in [1.165, 1.54) is 18.2 Å². The first-order chi connectivity index (χ1) is 22.2. The van der Waals surface area contributed by atoms with Gasteiger partial charge in [0, 0.05) is 27.1 Å². The minimum Gasteiger partial charge on any atom is -0.319 e. The highest BCUT2D eigenvalue weighted by atomic mass is 19.1. The van der Waals surface area contributed by atoms with Gasteiger partial charge in [0.25, 0.3) is 0 Å². The lowest BCUT2D eigenvalue weighted by Gasteiger charge is -2.21. The third-order valence-electron chi connectivity index (χ3n) is 9.10. The van der Waals surface area contributed by atoms with E-state index in [9.17, 15) is 0 Å². The fourth-order valence-electron chi connectivity index (χ4n) is 7.02. The number of aryl methyl sites for hydroxylation is 4. The number of halogens is 2. The van der Waals surface area contributed by atoms with E-state index in [0.717, 1.165) is 65.9 Å². The van der Waals surface area contributed by atoms with Crippen LogP contribution >= 0.6 is 0 Å². The van der Waals surface area contributed by atoms with Crippen molar-refractivity contribution in [3.63, 3.8) is 0 Å². The topological polar surface area (TPSA) is 14.2 Å². The van der Waals surface area contributed by atoms with Crippen LogP contribution in [0.5, 0.6) is 0 Å². The van der Waals surface area contributed by atoms with Crippen molar-refractivity contribution in [1.82, 2.24) is 9.13 Å². The van der Waals surface area contributed by atoms with E-state index in [0.29, 0.717) is 22.6 Å². The fraction of sp³-hybridized carbons (Fsp3) is 0.0976. The Kier molecular flexibility index (Phi) is 6.13. The molecule has 0 unspecified atom stereocenters. The highest BCUT2D eigenvalue weighted by molar-refractivity contribution is 6.13. The summed E-state index contributed by atoms with van der Waals surface area (Å²) in [6.45, 7) is 16.9. The van der Waals surface area contributed by atoms with E-state index in [1.54, 1.807) is 6.07 Å². The molecule has 0 N–H and O–H groups in total. The number of fused-ring (bicyclic) bond motifs is 6. The van der Waals surface area contributed by atoms with Gasteiger partial charge in [-0.3, -0.25) is 0 Å². The van der Waals surface area contributed by atoms with Crippen LogP contribution in [-0.2, 0) is 0 Å². The summed E-state index contributed by atoms with van der Waals surface area (Å²) in [5, 5.41) is 4.16. The predicted molar refractivity (Wildman–Crippen MR) is 186 cm³/mol. The van der Waals surface area contributed by atoms with E-state index in [-0.39, 0.29) is 5.56 Å². The monoisotopic (exact) mass is 601 g/mol. The molecular weight excluding hydrogens is 572 g/mol. The largest absolute Gasteiger partial charge is 0.319 e. The SMILES string of the molecule is [C-]#[N+]c1c(-n2c3cc(C)ccc3c3ccc(C)cc32)ccc(-c2c(F)cccc2F)c1-n1c2cc(C)ccc2c2ccc(C)cc21. The lowest BCUT2D eigenvalue weighted by molar-refractivity contribution is 0.589. The van der Waals surface area contributed by atoms with Crippen LogP contribution in [-0.4, -0.2) is 9.13 Å². The average molecular weight is 602 g/mol. The summed E-state index contributed by atoms with van der Waals surface area (Å²) in [6, 6.07) is 32.7. The van der Waals surface area contributed by atoms with E-state index >= 15 is 8.78 Å². The van der Waals surface area contributed by atoms with Gasteiger partial charge in [0.1, 0.15) is 11.6 Å². The molecule has 2 aromatic heterocycles. The van der Waals surface area contributed by atoms with Crippen LogP contribution in [0.2, 0.25) is 0 Å². The third-order valence-corrected chi connectivity index (χ3v) is 9.10. The van der Waals surface area contributed by atoms with Gasteiger partial charge in [-0.05, 0) is 92.4 Å². The van der Waals surface area contributed by atoms with Crippen molar-refractivity contribution in [2.45, 2.75) is 27.7 Å².